The first-order chi connectivity index (χ1) is 13.6. The number of anilines is 1. The highest BCUT2D eigenvalue weighted by molar-refractivity contribution is 5.94. The third-order valence-corrected chi connectivity index (χ3v) is 5.36. The second kappa shape index (κ2) is 8.00. The third-order valence-electron chi connectivity index (χ3n) is 5.36. The topological polar surface area (TPSA) is 52.7 Å². The molecular weight excluding hydrogens is 357 g/mol. The Labute approximate surface area is 164 Å². The number of nitrogens with zero attached hydrogens (tertiary/aromatic N) is 2. The minimum absolute atomic E-state index is 0.0133. The number of halogens is 1. The van der Waals surface area contributed by atoms with E-state index >= 15 is 0 Å². The van der Waals surface area contributed by atoms with Gasteiger partial charge in [0.1, 0.15) is 5.82 Å². The zero-order valence-corrected chi connectivity index (χ0v) is 15.7. The third kappa shape index (κ3) is 4.16. The summed E-state index contributed by atoms with van der Waals surface area (Å²) in [5.41, 5.74) is 1.86. The van der Waals surface area contributed by atoms with E-state index < -0.39 is 0 Å². The number of amides is 3. The molecule has 2 fully saturated rings. The molecule has 146 valence electrons. The average molecular weight is 381 g/mol. The van der Waals surface area contributed by atoms with Gasteiger partial charge in [-0.3, -0.25) is 4.79 Å². The summed E-state index contributed by atoms with van der Waals surface area (Å²) < 4.78 is 14.2. The summed E-state index contributed by atoms with van der Waals surface area (Å²) in [4.78, 5) is 28.7. The molecule has 2 aromatic carbocycles. The minimum atomic E-state index is -0.257. The van der Waals surface area contributed by atoms with E-state index in [0.29, 0.717) is 49.8 Å². The summed E-state index contributed by atoms with van der Waals surface area (Å²) >= 11 is 0. The Kier molecular flexibility index (Phi) is 5.28. The zero-order valence-electron chi connectivity index (χ0n) is 15.7. The molecule has 2 aliphatic rings. The maximum absolute atomic E-state index is 14.2. The van der Waals surface area contributed by atoms with Crippen LogP contribution >= 0.6 is 0 Å². The Morgan fingerprint density at radius 3 is 2.36 bits per heavy atom. The molecule has 0 bridgehead atoms. The number of carbonyl (C=O) groups excluding carboxylic acids is 2. The van der Waals surface area contributed by atoms with E-state index in [4.69, 9.17) is 0 Å². The number of carbonyl (C=O) groups is 2. The summed E-state index contributed by atoms with van der Waals surface area (Å²) in [6.07, 6.45) is 2.78. The lowest BCUT2D eigenvalue weighted by molar-refractivity contribution is 0.0762. The summed E-state index contributed by atoms with van der Waals surface area (Å²) in [5.74, 6) is 0.0693. The highest BCUT2D eigenvalue weighted by Gasteiger charge is 2.27. The van der Waals surface area contributed by atoms with Crippen LogP contribution in [0.4, 0.5) is 14.9 Å². The molecule has 1 saturated carbocycles. The molecule has 0 atom stereocenters. The van der Waals surface area contributed by atoms with E-state index in [1.165, 1.54) is 6.07 Å². The lowest BCUT2D eigenvalue weighted by atomic mass is 10.1. The summed E-state index contributed by atoms with van der Waals surface area (Å²) in [5, 5.41) is 2.79. The van der Waals surface area contributed by atoms with Crippen molar-refractivity contribution in [3.8, 4) is 0 Å². The van der Waals surface area contributed by atoms with E-state index in [1.54, 1.807) is 34.1 Å². The molecule has 0 unspecified atom stereocenters. The van der Waals surface area contributed by atoms with E-state index in [9.17, 15) is 14.0 Å². The van der Waals surface area contributed by atoms with Gasteiger partial charge in [0.15, 0.2) is 0 Å². The fourth-order valence-corrected chi connectivity index (χ4v) is 3.62. The molecule has 1 aliphatic carbocycles. The van der Waals surface area contributed by atoms with Gasteiger partial charge < -0.3 is 15.1 Å². The number of urea groups is 1. The van der Waals surface area contributed by atoms with Crippen LogP contribution in [0.15, 0.2) is 48.5 Å². The molecule has 0 radical (unpaired) electrons. The van der Waals surface area contributed by atoms with Crippen LogP contribution < -0.4 is 5.32 Å². The van der Waals surface area contributed by atoms with Gasteiger partial charge in [-0.25, -0.2) is 9.18 Å². The lowest BCUT2D eigenvalue weighted by Gasteiger charge is -2.22. The van der Waals surface area contributed by atoms with Crippen LogP contribution in [-0.4, -0.2) is 47.9 Å². The average Bonchev–Trinajstić information content (AvgIpc) is 3.55. The summed E-state index contributed by atoms with van der Waals surface area (Å²) in [6.45, 7) is 2.11. The SMILES string of the molecule is O=C(Nc1ccc(C2CC2)c(F)c1)N1CCCN(C(=O)c2ccccc2)CC1. The van der Waals surface area contributed by atoms with Crippen molar-refractivity contribution in [2.24, 2.45) is 0 Å². The molecule has 6 heteroatoms. The second-order valence-corrected chi connectivity index (χ2v) is 7.44. The van der Waals surface area contributed by atoms with Crippen LogP contribution in [0.25, 0.3) is 0 Å². The smallest absolute Gasteiger partial charge is 0.321 e. The molecule has 1 saturated heterocycles. The Hall–Kier alpha value is -2.89. The molecule has 3 amide bonds. The van der Waals surface area contributed by atoms with Crippen LogP contribution in [0.5, 0.6) is 0 Å². The molecule has 5 nitrogen and oxygen atoms in total. The molecule has 4 rings (SSSR count). The monoisotopic (exact) mass is 381 g/mol. The van der Waals surface area contributed by atoms with E-state index in [1.807, 2.05) is 18.2 Å². The zero-order chi connectivity index (χ0) is 19.5. The quantitative estimate of drug-likeness (QED) is 0.871. The fraction of sp³-hybridized carbons (Fsp3) is 0.364. The van der Waals surface area contributed by atoms with Gasteiger partial charge >= 0.3 is 6.03 Å². The molecule has 1 N–H and O–H groups in total. The predicted molar refractivity (Wildman–Crippen MR) is 106 cm³/mol. The van der Waals surface area contributed by atoms with Gasteiger partial charge in [0.25, 0.3) is 5.91 Å². The number of benzene rings is 2. The Morgan fingerprint density at radius 2 is 1.64 bits per heavy atom. The van der Waals surface area contributed by atoms with E-state index in [2.05, 4.69) is 5.32 Å². The lowest BCUT2D eigenvalue weighted by Crippen LogP contribution is -2.39. The second-order valence-electron chi connectivity index (χ2n) is 7.44. The summed E-state index contributed by atoms with van der Waals surface area (Å²) in [6, 6.07) is 13.8. The van der Waals surface area contributed by atoms with Crippen molar-refractivity contribution in [2.75, 3.05) is 31.5 Å². The molecule has 2 aromatic rings. The van der Waals surface area contributed by atoms with Crippen molar-refractivity contribution >= 4 is 17.6 Å². The van der Waals surface area contributed by atoms with Crippen LogP contribution in [0.3, 0.4) is 0 Å². The van der Waals surface area contributed by atoms with Crippen LogP contribution in [-0.2, 0) is 0 Å². The van der Waals surface area contributed by atoms with Gasteiger partial charge in [0.05, 0.1) is 0 Å². The Bertz CT molecular complexity index is 867. The normalized spacial score (nSPS) is 17.2. The number of hydrogen-bond donors (Lipinski definition) is 1. The Balaban J connectivity index is 1.35. The number of hydrogen-bond acceptors (Lipinski definition) is 2. The predicted octanol–water partition coefficient (Wildman–Crippen LogP) is 4.08. The van der Waals surface area contributed by atoms with Gasteiger partial charge in [-0.1, -0.05) is 24.3 Å². The Morgan fingerprint density at radius 1 is 0.929 bits per heavy atom. The highest BCUT2D eigenvalue weighted by Crippen LogP contribution is 2.41. The van der Waals surface area contributed by atoms with Gasteiger partial charge in [-0.2, -0.15) is 0 Å². The van der Waals surface area contributed by atoms with Crippen molar-refractivity contribution in [2.45, 2.75) is 25.2 Å². The van der Waals surface area contributed by atoms with Crippen LogP contribution in [0, 0.1) is 5.82 Å². The van der Waals surface area contributed by atoms with Crippen LogP contribution in [0.1, 0.15) is 41.1 Å². The number of nitrogens with one attached hydrogen (secondary N) is 1. The van der Waals surface area contributed by atoms with Crippen molar-refractivity contribution < 1.29 is 14.0 Å². The van der Waals surface area contributed by atoms with Crippen molar-refractivity contribution in [1.29, 1.82) is 0 Å². The fourth-order valence-electron chi connectivity index (χ4n) is 3.62. The first kappa shape index (κ1) is 18.5. The largest absolute Gasteiger partial charge is 0.337 e. The summed E-state index contributed by atoms with van der Waals surface area (Å²) in [7, 11) is 0. The van der Waals surface area contributed by atoms with Crippen molar-refractivity contribution in [1.82, 2.24) is 9.80 Å². The molecular formula is C22H24FN3O2. The van der Waals surface area contributed by atoms with Crippen LogP contribution in [0.2, 0.25) is 0 Å². The van der Waals surface area contributed by atoms with E-state index in [0.717, 1.165) is 18.4 Å². The van der Waals surface area contributed by atoms with Crippen molar-refractivity contribution in [3.05, 3.63) is 65.5 Å². The first-order valence-electron chi connectivity index (χ1n) is 9.81. The maximum Gasteiger partial charge on any atom is 0.321 e. The van der Waals surface area contributed by atoms with E-state index in [-0.39, 0.29) is 17.8 Å². The molecule has 0 spiro atoms. The maximum atomic E-state index is 14.2. The molecule has 1 aliphatic heterocycles. The van der Waals surface area contributed by atoms with Gasteiger partial charge in [0, 0.05) is 37.4 Å². The number of rotatable bonds is 3. The molecule has 0 aromatic heterocycles. The molecule has 1 heterocycles. The standard InChI is InChI=1S/C22H24FN3O2/c23-20-15-18(9-10-19(20)16-7-8-16)24-22(28)26-12-4-11-25(13-14-26)21(27)17-5-2-1-3-6-17/h1-3,5-6,9-10,15-16H,4,7-8,11-14H2,(H,24,28). The molecule has 28 heavy (non-hydrogen) atoms. The van der Waals surface area contributed by atoms with Crippen molar-refractivity contribution in [3.63, 3.8) is 0 Å². The first-order valence-corrected chi connectivity index (χ1v) is 9.81. The highest BCUT2D eigenvalue weighted by atomic mass is 19.1. The van der Waals surface area contributed by atoms with Gasteiger partial charge in [0.2, 0.25) is 0 Å². The van der Waals surface area contributed by atoms with Gasteiger partial charge in [-0.15, -0.1) is 0 Å². The minimum Gasteiger partial charge on any atom is -0.337 e. The van der Waals surface area contributed by atoms with Gasteiger partial charge in [-0.05, 0) is 55.0 Å².